The first-order chi connectivity index (χ1) is 10.2. The fraction of sp³-hybridized carbons (Fsp3) is 0.438. The smallest absolute Gasteiger partial charge is 0.130 e. The van der Waals surface area contributed by atoms with Gasteiger partial charge in [-0.25, -0.2) is 4.98 Å². The Bertz CT molecular complexity index is 577. The zero-order valence-corrected chi connectivity index (χ0v) is 13.1. The van der Waals surface area contributed by atoms with Gasteiger partial charge in [-0.05, 0) is 18.6 Å². The quantitative estimate of drug-likeness (QED) is 0.700. The summed E-state index contributed by atoms with van der Waals surface area (Å²) in [6.07, 6.45) is 0.389. The van der Waals surface area contributed by atoms with Crippen molar-refractivity contribution >= 4 is 28.5 Å². The van der Waals surface area contributed by atoms with E-state index in [9.17, 15) is 5.11 Å². The minimum Gasteiger partial charge on any atom is -0.394 e. The highest BCUT2D eigenvalue weighted by Gasteiger charge is 2.08. The third kappa shape index (κ3) is 4.59. The van der Waals surface area contributed by atoms with Crippen molar-refractivity contribution in [3.05, 3.63) is 35.9 Å². The molecule has 0 bridgehead atoms. The van der Waals surface area contributed by atoms with Gasteiger partial charge in [0.25, 0.3) is 0 Å². The molecule has 0 aliphatic heterocycles. The second-order valence-electron chi connectivity index (χ2n) is 4.97. The largest absolute Gasteiger partial charge is 0.394 e. The number of fused-ring (bicyclic) bond motifs is 1. The maximum Gasteiger partial charge on any atom is 0.130 e. The molecule has 0 fully saturated rings. The molecule has 2 aromatic rings. The van der Waals surface area contributed by atoms with Gasteiger partial charge in [-0.1, -0.05) is 25.1 Å². The highest BCUT2D eigenvalue weighted by Crippen LogP contribution is 2.24. The number of pyridine rings is 1. The van der Waals surface area contributed by atoms with E-state index < -0.39 is 6.10 Å². The van der Waals surface area contributed by atoms with Gasteiger partial charge >= 0.3 is 0 Å². The maximum absolute atomic E-state index is 9.42. The Kier molecular flexibility index (Phi) is 6.29. The van der Waals surface area contributed by atoms with Crippen LogP contribution >= 0.6 is 11.8 Å². The number of hydrogen-bond donors (Lipinski definition) is 3. The first-order valence-electron chi connectivity index (χ1n) is 7.23. The van der Waals surface area contributed by atoms with Gasteiger partial charge in [0.05, 0.1) is 18.2 Å². The van der Waals surface area contributed by atoms with Crippen LogP contribution in [0.25, 0.3) is 10.9 Å². The standard InChI is InChI=1S/C16H22N2O2S/c1-2-7-17-16-13(10-21-11-14(20)9-19)8-12-5-3-4-6-15(12)18-16/h3-6,8,14,19-20H,2,7,9-11H2,1H3,(H,17,18). The number of aliphatic hydroxyl groups excluding tert-OH is 2. The van der Waals surface area contributed by atoms with Crippen LogP contribution < -0.4 is 5.32 Å². The number of aromatic nitrogens is 1. The lowest BCUT2D eigenvalue weighted by Crippen LogP contribution is -2.15. The molecular weight excluding hydrogens is 284 g/mol. The predicted octanol–water partition coefficient (Wildman–Crippen LogP) is 2.64. The Labute approximate surface area is 129 Å². The Morgan fingerprint density at radius 3 is 2.90 bits per heavy atom. The average molecular weight is 306 g/mol. The molecule has 1 aromatic carbocycles. The first kappa shape index (κ1) is 16.1. The fourth-order valence-corrected chi connectivity index (χ4v) is 2.96. The van der Waals surface area contributed by atoms with Crippen LogP contribution in [0.15, 0.2) is 30.3 Å². The SMILES string of the molecule is CCCNc1nc2ccccc2cc1CSCC(O)CO. The summed E-state index contributed by atoms with van der Waals surface area (Å²) < 4.78 is 0. The van der Waals surface area contributed by atoms with Crippen molar-refractivity contribution in [3.63, 3.8) is 0 Å². The van der Waals surface area contributed by atoms with Gasteiger partial charge in [0, 0.05) is 29.0 Å². The maximum atomic E-state index is 9.42. The van der Waals surface area contributed by atoms with Crippen LogP contribution in [0.1, 0.15) is 18.9 Å². The summed E-state index contributed by atoms with van der Waals surface area (Å²) in [6, 6.07) is 10.2. The lowest BCUT2D eigenvalue weighted by Gasteiger charge is -2.13. The second kappa shape index (κ2) is 8.22. The number of anilines is 1. The van der Waals surface area contributed by atoms with Crippen LogP contribution in [0, 0.1) is 0 Å². The van der Waals surface area contributed by atoms with Crippen LogP contribution in [-0.4, -0.2) is 40.2 Å². The van der Waals surface area contributed by atoms with E-state index in [1.54, 1.807) is 11.8 Å². The topological polar surface area (TPSA) is 65.4 Å². The summed E-state index contributed by atoms with van der Waals surface area (Å²) in [5.41, 5.74) is 2.12. The van der Waals surface area contributed by atoms with E-state index in [0.29, 0.717) is 5.75 Å². The molecule has 1 unspecified atom stereocenters. The number of thioether (sulfide) groups is 1. The molecule has 0 amide bonds. The van der Waals surface area contributed by atoms with Crippen LogP contribution in [0.5, 0.6) is 0 Å². The molecule has 0 saturated heterocycles. The highest BCUT2D eigenvalue weighted by molar-refractivity contribution is 7.98. The van der Waals surface area contributed by atoms with E-state index in [0.717, 1.165) is 41.0 Å². The van der Waals surface area contributed by atoms with E-state index >= 15 is 0 Å². The molecule has 0 aliphatic carbocycles. The predicted molar refractivity (Wildman–Crippen MR) is 89.8 cm³/mol. The molecule has 1 aromatic heterocycles. The van der Waals surface area contributed by atoms with Crippen molar-refractivity contribution < 1.29 is 10.2 Å². The minimum atomic E-state index is -0.657. The van der Waals surface area contributed by atoms with Crippen LogP contribution in [-0.2, 0) is 5.75 Å². The van der Waals surface area contributed by atoms with Gasteiger partial charge in [0.2, 0.25) is 0 Å². The van der Waals surface area contributed by atoms with Crippen molar-refractivity contribution in [1.82, 2.24) is 4.98 Å². The van der Waals surface area contributed by atoms with Gasteiger partial charge < -0.3 is 15.5 Å². The lowest BCUT2D eigenvalue weighted by atomic mass is 10.1. The van der Waals surface area contributed by atoms with E-state index in [1.807, 2.05) is 18.2 Å². The number of para-hydroxylation sites is 1. The molecule has 4 nitrogen and oxygen atoms in total. The Balaban J connectivity index is 2.17. The molecule has 2 rings (SSSR count). The Morgan fingerprint density at radius 2 is 2.14 bits per heavy atom. The van der Waals surface area contributed by atoms with Gasteiger partial charge in [-0.2, -0.15) is 11.8 Å². The van der Waals surface area contributed by atoms with Crippen molar-refractivity contribution in [3.8, 4) is 0 Å². The summed E-state index contributed by atoms with van der Waals surface area (Å²) in [6.45, 7) is 2.83. The minimum absolute atomic E-state index is 0.191. The summed E-state index contributed by atoms with van der Waals surface area (Å²) in [4.78, 5) is 4.69. The van der Waals surface area contributed by atoms with Crippen LogP contribution in [0.2, 0.25) is 0 Å². The summed E-state index contributed by atoms with van der Waals surface area (Å²) in [7, 11) is 0. The molecule has 1 heterocycles. The molecule has 21 heavy (non-hydrogen) atoms. The average Bonchev–Trinajstić information content (AvgIpc) is 2.52. The van der Waals surface area contributed by atoms with Crippen molar-refractivity contribution in [2.24, 2.45) is 0 Å². The van der Waals surface area contributed by atoms with Gasteiger partial charge in [-0.3, -0.25) is 0 Å². The summed E-state index contributed by atoms with van der Waals surface area (Å²) in [5, 5.41) is 22.8. The van der Waals surface area contributed by atoms with Crippen LogP contribution in [0.4, 0.5) is 5.82 Å². The van der Waals surface area contributed by atoms with Gasteiger partial charge in [0.15, 0.2) is 0 Å². The normalized spacial score (nSPS) is 12.5. The number of nitrogens with zero attached hydrogens (tertiary/aromatic N) is 1. The van der Waals surface area contributed by atoms with Crippen LogP contribution in [0.3, 0.4) is 0 Å². The molecule has 3 N–H and O–H groups in total. The summed E-state index contributed by atoms with van der Waals surface area (Å²) >= 11 is 1.61. The van der Waals surface area contributed by atoms with E-state index in [2.05, 4.69) is 24.4 Å². The number of nitrogens with one attached hydrogen (secondary N) is 1. The fourth-order valence-electron chi connectivity index (χ4n) is 2.02. The van der Waals surface area contributed by atoms with Crippen molar-refractivity contribution in [2.45, 2.75) is 25.2 Å². The number of aliphatic hydroxyl groups is 2. The van der Waals surface area contributed by atoms with Gasteiger partial charge in [0.1, 0.15) is 5.82 Å². The lowest BCUT2D eigenvalue weighted by molar-refractivity contribution is 0.113. The van der Waals surface area contributed by atoms with Crippen molar-refractivity contribution in [2.75, 3.05) is 24.2 Å². The highest BCUT2D eigenvalue weighted by atomic mass is 32.2. The van der Waals surface area contributed by atoms with Gasteiger partial charge in [-0.15, -0.1) is 0 Å². The molecular formula is C16H22N2O2S. The molecule has 0 aliphatic rings. The Morgan fingerprint density at radius 1 is 1.33 bits per heavy atom. The molecule has 1 atom stereocenters. The number of rotatable bonds is 8. The third-order valence-electron chi connectivity index (χ3n) is 3.12. The monoisotopic (exact) mass is 306 g/mol. The molecule has 0 saturated carbocycles. The first-order valence-corrected chi connectivity index (χ1v) is 8.39. The summed E-state index contributed by atoms with van der Waals surface area (Å²) in [5.74, 6) is 2.21. The molecule has 114 valence electrons. The molecule has 0 radical (unpaired) electrons. The third-order valence-corrected chi connectivity index (χ3v) is 4.26. The zero-order valence-electron chi connectivity index (χ0n) is 12.2. The van der Waals surface area contributed by atoms with Crippen molar-refractivity contribution in [1.29, 1.82) is 0 Å². The van der Waals surface area contributed by atoms with E-state index in [1.165, 1.54) is 0 Å². The number of hydrogen-bond acceptors (Lipinski definition) is 5. The van der Waals surface area contributed by atoms with E-state index in [-0.39, 0.29) is 6.61 Å². The van der Waals surface area contributed by atoms with E-state index in [4.69, 9.17) is 10.1 Å². The molecule has 0 spiro atoms. The Hall–Kier alpha value is -1.30. The zero-order chi connectivity index (χ0) is 15.1. The number of benzene rings is 1. The molecule has 5 heteroatoms. The second-order valence-corrected chi connectivity index (χ2v) is 6.00.